The average molecular weight is 269 g/mol. The summed E-state index contributed by atoms with van der Waals surface area (Å²) in [5.74, 6) is -0.373. The van der Waals surface area contributed by atoms with Crippen LogP contribution in [0.25, 0.3) is 22.3 Å². The van der Waals surface area contributed by atoms with Crippen molar-refractivity contribution < 1.29 is 9.53 Å². The molecule has 5 heteroatoms. The van der Waals surface area contributed by atoms with Crippen LogP contribution in [0.4, 0.5) is 0 Å². The van der Waals surface area contributed by atoms with Gasteiger partial charge in [0, 0.05) is 10.9 Å². The summed E-state index contributed by atoms with van der Waals surface area (Å²) in [7, 11) is 0. The summed E-state index contributed by atoms with van der Waals surface area (Å²) in [6, 6.07) is 9.92. The van der Waals surface area contributed by atoms with E-state index < -0.39 is 0 Å². The fourth-order valence-electron chi connectivity index (χ4n) is 2.13. The molecule has 2 heterocycles. The molecule has 3 rings (SSSR count). The van der Waals surface area contributed by atoms with E-state index in [0.717, 1.165) is 16.6 Å². The lowest BCUT2D eigenvalue weighted by molar-refractivity contribution is 0.0379. The smallest absolute Gasteiger partial charge is 0.342 e. The lowest BCUT2D eigenvalue weighted by Gasteiger charge is -2.07. The van der Waals surface area contributed by atoms with Gasteiger partial charge in [0.05, 0.1) is 23.7 Å². The summed E-state index contributed by atoms with van der Waals surface area (Å²) in [6.45, 7) is 3.64. The lowest BCUT2D eigenvalue weighted by Crippen LogP contribution is -2.11. The molecular weight excluding hydrogens is 254 g/mol. The zero-order valence-corrected chi connectivity index (χ0v) is 11.3. The van der Waals surface area contributed by atoms with Crippen LogP contribution in [-0.4, -0.2) is 27.3 Å². The van der Waals surface area contributed by atoms with Crippen LogP contribution in [0, 0.1) is 0 Å². The number of aromatic nitrogens is 3. The number of carbonyl (C=O) groups is 1. The maximum atomic E-state index is 12.0. The van der Waals surface area contributed by atoms with E-state index in [-0.39, 0.29) is 12.1 Å². The van der Waals surface area contributed by atoms with Gasteiger partial charge in [-0.1, -0.05) is 18.2 Å². The Morgan fingerprint density at radius 1 is 1.30 bits per heavy atom. The van der Waals surface area contributed by atoms with E-state index in [1.165, 1.54) is 6.20 Å². The van der Waals surface area contributed by atoms with Gasteiger partial charge in [-0.3, -0.25) is 5.10 Å². The van der Waals surface area contributed by atoms with E-state index in [2.05, 4.69) is 15.2 Å². The van der Waals surface area contributed by atoms with Crippen molar-refractivity contribution in [2.45, 2.75) is 20.0 Å². The van der Waals surface area contributed by atoms with E-state index in [1.54, 1.807) is 0 Å². The van der Waals surface area contributed by atoms with Gasteiger partial charge in [0.2, 0.25) is 0 Å². The Labute approximate surface area is 116 Å². The van der Waals surface area contributed by atoms with Gasteiger partial charge in [-0.2, -0.15) is 5.10 Å². The maximum Gasteiger partial charge on any atom is 0.342 e. The number of nitrogens with zero attached hydrogens (tertiary/aromatic N) is 1. The quantitative estimate of drug-likeness (QED) is 0.718. The first-order valence-corrected chi connectivity index (χ1v) is 6.47. The van der Waals surface area contributed by atoms with E-state index in [1.807, 2.05) is 44.2 Å². The van der Waals surface area contributed by atoms with E-state index in [9.17, 15) is 4.79 Å². The van der Waals surface area contributed by atoms with Crippen LogP contribution in [0.2, 0.25) is 0 Å². The summed E-state index contributed by atoms with van der Waals surface area (Å²) >= 11 is 0. The summed E-state index contributed by atoms with van der Waals surface area (Å²) in [5.41, 5.74) is 2.91. The number of nitrogens with one attached hydrogen (secondary N) is 2. The SMILES string of the molecule is CC(C)OC(=O)c1cn[nH]c1-c1cc2ccccc2[nH]1. The topological polar surface area (TPSA) is 70.8 Å². The van der Waals surface area contributed by atoms with Gasteiger partial charge in [-0.15, -0.1) is 0 Å². The van der Waals surface area contributed by atoms with Crippen LogP contribution in [0.3, 0.4) is 0 Å². The summed E-state index contributed by atoms with van der Waals surface area (Å²) in [5, 5.41) is 7.89. The van der Waals surface area contributed by atoms with Crippen LogP contribution < -0.4 is 0 Å². The van der Waals surface area contributed by atoms with Crippen molar-refractivity contribution in [2.75, 3.05) is 0 Å². The second-order valence-corrected chi connectivity index (χ2v) is 4.88. The number of benzene rings is 1. The first kappa shape index (κ1) is 12.5. The molecule has 0 radical (unpaired) electrons. The first-order chi connectivity index (χ1) is 9.65. The van der Waals surface area contributed by atoms with Crippen molar-refractivity contribution in [3.63, 3.8) is 0 Å². The van der Waals surface area contributed by atoms with Crippen molar-refractivity contribution >= 4 is 16.9 Å². The monoisotopic (exact) mass is 269 g/mol. The second kappa shape index (κ2) is 4.85. The summed E-state index contributed by atoms with van der Waals surface area (Å²) < 4.78 is 5.22. The lowest BCUT2D eigenvalue weighted by atomic mass is 10.2. The van der Waals surface area contributed by atoms with Crippen LogP contribution >= 0.6 is 0 Å². The van der Waals surface area contributed by atoms with Gasteiger partial charge < -0.3 is 9.72 Å². The molecule has 0 saturated heterocycles. The zero-order valence-electron chi connectivity index (χ0n) is 11.3. The maximum absolute atomic E-state index is 12.0. The van der Waals surface area contributed by atoms with Gasteiger partial charge in [-0.25, -0.2) is 4.79 Å². The molecule has 0 aliphatic rings. The third-order valence-electron chi connectivity index (χ3n) is 3.00. The Morgan fingerprint density at radius 2 is 2.10 bits per heavy atom. The molecule has 1 aromatic carbocycles. The second-order valence-electron chi connectivity index (χ2n) is 4.88. The minimum absolute atomic E-state index is 0.159. The molecule has 0 fully saturated rings. The predicted octanol–water partition coefficient (Wildman–Crippen LogP) is 3.12. The van der Waals surface area contributed by atoms with Crippen molar-refractivity contribution in [1.29, 1.82) is 0 Å². The van der Waals surface area contributed by atoms with Crippen molar-refractivity contribution in [1.82, 2.24) is 15.2 Å². The predicted molar refractivity (Wildman–Crippen MR) is 76.4 cm³/mol. The van der Waals surface area contributed by atoms with Gasteiger partial charge in [-0.05, 0) is 26.0 Å². The van der Waals surface area contributed by atoms with Crippen molar-refractivity contribution in [3.8, 4) is 11.4 Å². The van der Waals surface area contributed by atoms with Gasteiger partial charge in [0.1, 0.15) is 5.56 Å². The molecule has 0 saturated carbocycles. The van der Waals surface area contributed by atoms with Crippen LogP contribution in [-0.2, 0) is 4.74 Å². The number of hydrogen-bond acceptors (Lipinski definition) is 3. The Hall–Kier alpha value is -2.56. The molecule has 2 aromatic heterocycles. The molecule has 102 valence electrons. The molecule has 0 bridgehead atoms. The number of aromatic amines is 2. The Bertz CT molecular complexity index is 722. The van der Waals surface area contributed by atoms with Gasteiger partial charge >= 0.3 is 5.97 Å². The van der Waals surface area contributed by atoms with E-state index in [0.29, 0.717) is 11.3 Å². The number of ether oxygens (including phenoxy) is 1. The Morgan fingerprint density at radius 3 is 2.85 bits per heavy atom. The van der Waals surface area contributed by atoms with Gasteiger partial charge in [0.15, 0.2) is 0 Å². The Kier molecular flexibility index (Phi) is 3.02. The highest BCUT2D eigenvalue weighted by Gasteiger charge is 2.18. The molecule has 0 aliphatic carbocycles. The van der Waals surface area contributed by atoms with Crippen LogP contribution in [0.15, 0.2) is 36.5 Å². The molecule has 0 aliphatic heterocycles. The minimum atomic E-state index is -0.373. The number of para-hydroxylation sites is 1. The molecule has 3 aromatic rings. The number of rotatable bonds is 3. The van der Waals surface area contributed by atoms with E-state index in [4.69, 9.17) is 4.74 Å². The Balaban J connectivity index is 2.02. The molecular formula is C15H15N3O2. The molecule has 0 unspecified atom stereocenters. The molecule has 5 nitrogen and oxygen atoms in total. The molecule has 0 atom stereocenters. The molecule has 0 amide bonds. The largest absolute Gasteiger partial charge is 0.459 e. The highest BCUT2D eigenvalue weighted by Crippen LogP contribution is 2.25. The summed E-state index contributed by atoms with van der Waals surface area (Å²) in [6.07, 6.45) is 1.33. The molecule has 0 spiro atoms. The zero-order chi connectivity index (χ0) is 14.1. The number of fused-ring (bicyclic) bond motifs is 1. The van der Waals surface area contributed by atoms with Crippen LogP contribution in [0.1, 0.15) is 24.2 Å². The fraction of sp³-hybridized carbons (Fsp3) is 0.200. The number of hydrogen-bond donors (Lipinski definition) is 2. The first-order valence-electron chi connectivity index (χ1n) is 6.47. The summed E-state index contributed by atoms with van der Waals surface area (Å²) in [4.78, 5) is 15.3. The highest BCUT2D eigenvalue weighted by molar-refractivity contribution is 5.97. The third kappa shape index (κ3) is 2.18. The highest BCUT2D eigenvalue weighted by atomic mass is 16.5. The van der Waals surface area contributed by atoms with E-state index >= 15 is 0 Å². The number of carbonyl (C=O) groups excluding carboxylic acids is 1. The normalized spacial score (nSPS) is 11.2. The van der Waals surface area contributed by atoms with Crippen molar-refractivity contribution in [2.24, 2.45) is 0 Å². The van der Waals surface area contributed by atoms with Crippen molar-refractivity contribution in [3.05, 3.63) is 42.1 Å². The molecule has 20 heavy (non-hydrogen) atoms. The minimum Gasteiger partial charge on any atom is -0.459 e. The fourth-order valence-corrected chi connectivity index (χ4v) is 2.13. The van der Waals surface area contributed by atoms with Crippen LogP contribution in [0.5, 0.6) is 0 Å². The number of esters is 1. The molecule has 2 N–H and O–H groups in total. The average Bonchev–Trinajstić information content (AvgIpc) is 3.04. The number of H-pyrrole nitrogens is 2. The third-order valence-corrected chi connectivity index (χ3v) is 3.00. The standard InChI is InChI=1S/C15H15N3O2/c1-9(2)20-15(19)11-8-16-18-14(11)13-7-10-5-3-4-6-12(10)17-13/h3-9,17H,1-2H3,(H,16,18). The van der Waals surface area contributed by atoms with Gasteiger partial charge in [0.25, 0.3) is 0 Å².